The lowest BCUT2D eigenvalue weighted by atomic mass is 10.1. The molecule has 2 aromatic rings. The lowest BCUT2D eigenvalue weighted by Gasteiger charge is -2.14. The van der Waals surface area contributed by atoms with Gasteiger partial charge in [0.15, 0.2) is 5.16 Å². The van der Waals surface area contributed by atoms with Crippen LogP contribution in [0.25, 0.3) is 0 Å². The zero-order valence-electron chi connectivity index (χ0n) is 13.9. The minimum absolute atomic E-state index is 0.0829. The number of rotatable bonds is 4. The number of fused-ring (bicyclic) bond motifs is 1. The van der Waals surface area contributed by atoms with Crippen molar-refractivity contribution in [3.63, 3.8) is 0 Å². The van der Waals surface area contributed by atoms with E-state index in [2.05, 4.69) is 15.3 Å². The Balaban J connectivity index is 1.76. The van der Waals surface area contributed by atoms with Gasteiger partial charge in [0, 0.05) is 24.4 Å². The van der Waals surface area contributed by atoms with Crippen LogP contribution in [0.3, 0.4) is 0 Å². The van der Waals surface area contributed by atoms with Crippen LogP contribution in [0.4, 0.5) is 5.82 Å². The van der Waals surface area contributed by atoms with Crippen LogP contribution in [0.1, 0.15) is 43.5 Å². The Hall–Kier alpha value is -2.15. The molecule has 7 heteroatoms. The number of carbonyl (C=O) groups excluding carboxylic acids is 1. The van der Waals surface area contributed by atoms with Crippen molar-refractivity contribution in [2.75, 3.05) is 11.1 Å². The highest BCUT2D eigenvalue weighted by Crippen LogP contribution is 2.32. The molecule has 0 aliphatic carbocycles. The number of thioether (sulfide) groups is 1. The number of hydrogen-bond acceptors (Lipinski definition) is 5. The van der Waals surface area contributed by atoms with Gasteiger partial charge in [0.2, 0.25) is 5.91 Å². The van der Waals surface area contributed by atoms with Gasteiger partial charge in [-0.3, -0.25) is 14.2 Å². The first-order valence-corrected chi connectivity index (χ1v) is 8.92. The molecule has 0 radical (unpaired) electrons. The molecule has 0 aromatic carbocycles. The molecule has 1 N–H and O–H groups in total. The number of amides is 1. The number of pyridine rings is 1. The maximum absolute atomic E-state index is 12.4. The normalized spacial score (nSPS) is 16.2. The Morgan fingerprint density at radius 1 is 1.50 bits per heavy atom. The van der Waals surface area contributed by atoms with Crippen molar-refractivity contribution in [2.24, 2.45) is 0 Å². The number of nitrogens with zero attached hydrogens (tertiary/aromatic N) is 3. The van der Waals surface area contributed by atoms with Gasteiger partial charge in [-0.15, -0.1) is 0 Å². The van der Waals surface area contributed by atoms with Crippen LogP contribution in [0.2, 0.25) is 0 Å². The predicted molar refractivity (Wildman–Crippen MR) is 94.6 cm³/mol. The highest BCUT2D eigenvalue weighted by atomic mass is 32.2. The van der Waals surface area contributed by atoms with Gasteiger partial charge in [-0.05, 0) is 24.5 Å². The summed E-state index contributed by atoms with van der Waals surface area (Å²) in [6.07, 6.45) is 1.88. The number of aromatic nitrogens is 3. The van der Waals surface area contributed by atoms with Crippen molar-refractivity contribution in [1.29, 1.82) is 0 Å². The second kappa shape index (κ2) is 6.76. The third-order valence-corrected chi connectivity index (χ3v) is 5.09. The average molecular weight is 344 g/mol. The molecule has 0 saturated heterocycles. The predicted octanol–water partition coefficient (Wildman–Crippen LogP) is 2.75. The Bertz CT molecular complexity index is 832. The Labute approximate surface area is 144 Å². The van der Waals surface area contributed by atoms with E-state index in [1.54, 1.807) is 16.8 Å². The summed E-state index contributed by atoms with van der Waals surface area (Å²) in [7, 11) is 0. The molecular formula is C17H20N4O2S. The number of nitrogens with one attached hydrogen (secondary N) is 1. The lowest BCUT2D eigenvalue weighted by Crippen LogP contribution is -2.28. The third-order valence-electron chi connectivity index (χ3n) is 3.99. The van der Waals surface area contributed by atoms with E-state index in [-0.39, 0.29) is 29.8 Å². The Morgan fingerprint density at radius 3 is 3.00 bits per heavy atom. The van der Waals surface area contributed by atoms with E-state index >= 15 is 0 Å². The number of aryl methyl sites for hydroxylation is 1. The lowest BCUT2D eigenvalue weighted by molar-refractivity contribution is -0.116. The number of anilines is 1. The van der Waals surface area contributed by atoms with Crippen LogP contribution in [0, 0.1) is 6.92 Å². The topological polar surface area (TPSA) is 76.9 Å². The second-order valence-electron chi connectivity index (χ2n) is 6.21. The quantitative estimate of drug-likeness (QED) is 0.863. The Kier molecular flexibility index (Phi) is 4.71. The van der Waals surface area contributed by atoms with E-state index in [9.17, 15) is 9.59 Å². The van der Waals surface area contributed by atoms with Crippen LogP contribution in [0.15, 0.2) is 34.3 Å². The Morgan fingerprint density at radius 2 is 2.29 bits per heavy atom. The van der Waals surface area contributed by atoms with E-state index in [0.29, 0.717) is 16.7 Å². The summed E-state index contributed by atoms with van der Waals surface area (Å²) >= 11 is 1.53. The monoisotopic (exact) mass is 344 g/mol. The summed E-state index contributed by atoms with van der Waals surface area (Å²) in [5.74, 6) is 1.31. The minimum Gasteiger partial charge on any atom is -0.310 e. The molecule has 1 aliphatic heterocycles. The van der Waals surface area contributed by atoms with Gasteiger partial charge in [-0.1, -0.05) is 31.7 Å². The molecule has 24 heavy (non-hydrogen) atoms. The molecule has 126 valence electrons. The highest BCUT2D eigenvalue weighted by Gasteiger charge is 2.28. The van der Waals surface area contributed by atoms with Crippen LogP contribution < -0.4 is 10.9 Å². The number of carbonyl (C=O) groups is 1. The van der Waals surface area contributed by atoms with Crippen LogP contribution in [-0.2, 0) is 4.79 Å². The fourth-order valence-corrected chi connectivity index (χ4v) is 3.79. The maximum atomic E-state index is 12.4. The SMILES string of the molecule is Cc1cccnc1NC(=O)C[C@H]1CSc2nc(C(C)C)cc(=O)n21. The summed E-state index contributed by atoms with van der Waals surface area (Å²) in [5, 5.41) is 3.53. The molecule has 1 aliphatic rings. The van der Waals surface area contributed by atoms with Gasteiger partial charge in [-0.2, -0.15) is 0 Å². The zero-order valence-corrected chi connectivity index (χ0v) is 14.8. The maximum Gasteiger partial charge on any atom is 0.254 e. The molecule has 0 saturated carbocycles. The number of hydrogen-bond donors (Lipinski definition) is 1. The molecule has 1 amide bonds. The smallest absolute Gasteiger partial charge is 0.254 e. The molecule has 0 fully saturated rings. The zero-order chi connectivity index (χ0) is 17.3. The molecular weight excluding hydrogens is 324 g/mol. The first-order valence-electron chi connectivity index (χ1n) is 7.93. The van der Waals surface area contributed by atoms with Crippen molar-refractivity contribution in [3.05, 3.63) is 46.0 Å². The third kappa shape index (κ3) is 3.36. The van der Waals surface area contributed by atoms with Gasteiger partial charge < -0.3 is 5.32 Å². The van der Waals surface area contributed by atoms with Crippen molar-refractivity contribution < 1.29 is 4.79 Å². The van der Waals surface area contributed by atoms with E-state index in [0.717, 1.165) is 11.3 Å². The molecule has 3 rings (SSSR count). The first kappa shape index (κ1) is 16.7. The molecule has 3 heterocycles. The molecule has 0 unspecified atom stereocenters. The molecule has 1 atom stereocenters. The second-order valence-corrected chi connectivity index (χ2v) is 7.20. The summed E-state index contributed by atoms with van der Waals surface area (Å²) in [4.78, 5) is 33.4. The molecule has 2 aromatic heterocycles. The van der Waals surface area contributed by atoms with E-state index in [1.165, 1.54) is 11.8 Å². The van der Waals surface area contributed by atoms with E-state index in [4.69, 9.17) is 0 Å². The van der Waals surface area contributed by atoms with Gasteiger partial charge in [0.05, 0.1) is 11.7 Å². The fraction of sp³-hybridized carbons (Fsp3) is 0.412. The average Bonchev–Trinajstić information content (AvgIpc) is 2.93. The van der Waals surface area contributed by atoms with Crippen molar-refractivity contribution in [3.8, 4) is 0 Å². The van der Waals surface area contributed by atoms with Crippen LogP contribution in [0.5, 0.6) is 0 Å². The van der Waals surface area contributed by atoms with Crippen molar-refractivity contribution in [2.45, 2.75) is 44.3 Å². The highest BCUT2D eigenvalue weighted by molar-refractivity contribution is 7.99. The van der Waals surface area contributed by atoms with Gasteiger partial charge in [0.1, 0.15) is 5.82 Å². The van der Waals surface area contributed by atoms with Gasteiger partial charge >= 0.3 is 0 Å². The molecule has 6 nitrogen and oxygen atoms in total. The van der Waals surface area contributed by atoms with Crippen molar-refractivity contribution >= 4 is 23.5 Å². The van der Waals surface area contributed by atoms with E-state index in [1.807, 2.05) is 32.9 Å². The van der Waals surface area contributed by atoms with Crippen LogP contribution in [-0.4, -0.2) is 26.2 Å². The molecule has 0 spiro atoms. The van der Waals surface area contributed by atoms with E-state index < -0.39 is 0 Å². The summed E-state index contributed by atoms with van der Waals surface area (Å²) in [6.45, 7) is 5.92. The van der Waals surface area contributed by atoms with Crippen LogP contribution >= 0.6 is 11.8 Å². The standard InChI is InChI=1S/C17H20N4O2S/c1-10(2)13-8-15(23)21-12(9-24-17(21)19-13)7-14(22)20-16-11(3)5-4-6-18-16/h4-6,8,10,12H,7,9H2,1-3H3,(H,18,20,22)/t12-/m0/s1. The van der Waals surface area contributed by atoms with Gasteiger partial charge in [0.25, 0.3) is 5.56 Å². The van der Waals surface area contributed by atoms with Crippen molar-refractivity contribution in [1.82, 2.24) is 14.5 Å². The summed E-state index contributed by atoms with van der Waals surface area (Å²) in [6, 6.07) is 5.13. The first-order chi connectivity index (χ1) is 11.5. The summed E-state index contributed by atoms with van der Waals surface area (Å²) in [5.41, 5.74) is 1.63. The minimum atomic E-state index is -0.171. The largest absolute Gasteiger partial charge is 0.310 e. The molecule has 0 bridgehead atoms. The fourth-order valence-electron chi connectivity index (χ4n) is 2.63. The van der Waals surface area contributed by atoms with Gasteiger partial charge in [-0.25, -0.2) is 9.97 Å². The summed E-state index contributed by atoms with van der Waals surface area (Å²) < 4.78 is 1.64.